The van der Waals surface area contributed by atoms with Crippen LogP contribution in [0.4, 0.5) is 0 Å². The molecule has 2 atom stereocenters. The van der Waals surface area contributed by atoms with Crippen LogP contribution in [-0.2, 0) is 10.2 Å². The van der Waals surface area contributed by atoms with E-state index in [2.05, 4.69) is 4.72 Å². The zero-order valence-corrected chi connectivity index (χ0v) is 8.71. The first kappa shape index (κ1) is 10.9. The van der Waals surface area contributed by atoms with E-state index in [9.17, 15) is 8.42 Å². The molecule has 0 aliphatic carbocycles. The number of aliphatic hydroxyl groups is 1. The van der Waals surface area contributed by atoms with Gasteiger partial charge in [-0.05, 0) is 19.3 Å². The van der Waals surface area contributed by atoms with Crippen LogP contribution in [0.1, 0.15) is 13.3 Å². The van der Waals surface area contributed by atoms with Crippen LogP contribution in [0.25, 0.3) is 0 Å². The van der Waals surface area contributed by atoms with Crippen molar-refractivity contribution in [1.82, 2.24) is 9.03 Å². The third kappa shape index (κ3) is 2.01. The number of nitrogens with one attached hydrogen (secondary N) is 1. The predicted octanol–water partition coefficient (Wildman–Crippen LogP) is -0.847. The molecule has 13 heavy (non-hydrogen) atoms. The van der Waals surface area contributed by atoms with Crippen molar-refractivity contribution in [3.63, 3.8) is 0 Å². The van der Waals surface area contributed by atoms with E-state index in [-0.39, 0.29) is 18.6 Å². The van der Waals surface area contributed by atoms with Gasteiger partial charge in [0.2, 0.25) is 0 Å². The highest BCUT2D eigenvalue weighted by atomic mass is 32.2. The normalized spacial score (nSPS) is 31.0. The third-order valence-electron chi connectivity index (χ3n) is 2.66. The van der Waals surface area contributed by atoms with Crippen molar-refractivity contribution < 1.29 is 13.5 Å². The highest BCUT2D eigenvalue weighted by molar-refractivity contribution is 7.87. The molecule has 0 aromatic heterocycles. The number of hydrogen-bond donors (Lipinski definition) is 2. The minimum Gasteiger partial charge on any atom is -0.396 e. The van der Waals surface area contributed by atoms with E-state index in [1.807, 2.05) is 6.92 Å². The molecule has 1 fully saturated rings. The lowest BCUT2D eigenvalue weighted by Gasteiger charge is -2.22. The summed E-state index contributed by atoms with van der Waals surface area (Å²) in [4.78, 5) is 0. The second kappa shape index (κ2) is 3.91. The number of nitrogens with zero attached hydrogens (tertiary/aromatic N) is 1. The molecule has 2 unspecified atom stereocenters. The largest absolute Gasteiger partial charge is 0.396 e. The molecule has 1 aliphatic heterocycles. The fraction of sp³-hybridized carbons (Fsp3) is 1.00. The number of hydrogen-bond acceptors (Lipinski definition) is 3. The van der Waals surface area contributed by atoms with E-state index >= 15 is 0 Å². The lowest BCUT2D eigenvalue weighted by molar-refractivity contribution is 0.205. The maximum atomic E-state index is 11.4. The monoisotopic (exact) mass is 208 g/mol. The fourth-order valence-corrected chi connectivity index (χ4v) is 2.86. The topological polar surface area (TPSA) is 69.6 Å². The summed E-state index contributed by atoms with van der Waals surface area (Å²) in [5.41, 5.74) is 0. The molecular weight excluding hydrogens is 192 g/mol. The minimum absolute atomic E-state index is 0.0525. The second-order valence-electron chi connectivity index (χ2n) is 3.29. The summed E-state index contributed by atoms with van der Waals surface area (Å²) in [6.07, 6.45) is 0.735. The Kier molecular flexibility index (Phi) is 3.28. The molecule has 1 rings (SSSR count). The SMILES string of the molecule is CNS(=O)(=O)N1CCC(CO)C1C. The quantitative estimate of drug-likeness (QED) is 0.635. The molecule has 2 N–H and O–H groups in total. The molecule has 78 valence electrons. The van der Waals surface area contributed by atoms with Gasteiger partial charge in [0.05, 0.1) is 0 Å². The molecule has 0 radical (unpaired) electrons. The summed E-state index contributed by atoms with van der Waals surface area (Å²) in [6, 6.07) is -0.109. The van der Waals surface area contributed by atoms with Crippen LogP contribution < -0.4 is 4.72 Å². The van der Waals surface area contributed by atoms with Crippen LogP contribution in [0.15, 0.2) is 0 Å². The highest BCUT2D eigenvalue weighted by Gasteiger charge is 2.36. The maximum absolute atomic E-state index is 11.4. The van der Waals surface area contributed by atoms with Gasteiger partial charge in [-0.15, -0.1) is 0 Å². The van der Waals surface area contributed by atoms with Crippen molar-refractivity contribution >= 4 is 10.2 Å². The first-order chi connectivity index (χ1) is 6.03. The zero-order valence-electron chi connectivity index (χ0n) is 7.90. The Labute approximate surface area is 78.9 Å². The van der Waals surface area contributed by atoms with Crippen LogP contribution in [0.3, 0.4) is 0 Å². The summed E-state index contributed by atoms with van der Waals surface area (Å²) in [5.74, 6) is 0.0723. The molecule has 5 nitrogen and oxygen atoms in total. The van der Waals surface area contributed by atoms with E-state index < -0.39 is 10.2 Å². The first-order valence-corrected chi connectivity index (χ1v) is 5.78. The van der Waals surface area contributed by atoms with Gasteiger partial charge in [0, 0.05) is 26.2 Å². The van der Waals surface area contributed by atoms with Crippen molar-refractivity contribution in [2.75, 3.05) is 20.2 Å². The molecule has 1 saturated heterocycles. The molecule has 0 bridgehead atoms. The van der Waals surface area contributed by atoms with Gasteiger partial charge >= 0.3 is 0 Å². The van der Waals surface area contributed by atoms with Crippen LogP contribution >= 0.6 is 0 Å². The van der Waals surface area contributed by atoms with Gasteiger partial charge in [-0.25, -0.2) is 4.72 Å². The Morgan fingerprint density at radius 3 is 2.62 bits per heavy atom. The van der Waals surface area contributed by atoms with Gasteiger partial charge in [-0.2, -0.15) is 12.7 Å². The van der Waals surface area contributed by atoms with Crippen molar-refractivity contribution in [2.24, 2.45) is 5.92 Å². The molecule has 0 aromatic carbocycles. The van der Waals surface area contributed by atoms with E-state index in [4.69, 9.17) is 5.11 Å². The first-order valence-electron chi connectivity index (χ1n) is 4.34. The van der Waals surface area contributed by atoms with E-state index in [1.165, 1.54) is 11.4 Å². The fourth-order valence-electron chi connectivity index (χ4n) is 1.67. The molecule has 0 aromatic rings. The molecule has 1 aliphatic rings. The number of rotatable bonds is 3. The Hall–Kier alpha value is -0.170. The summed E-state index contributed by atoms with van der Waals surface area (Å²) in [5, 5.41) is 8.95. The molecule has 1 heterocycles. The summed E-state index contributed by atoms with van der Waals surface area (Å²) < 4.78 is 26.5. The average molecular weight is 208 g/mol. The smallest absolute Gasteiger partial charge is 0.279 e. The molecule has 6 heteroatoms. The van der Waals surface area contributed by atoms with Crippen LogP contribution in [-0.4, -0.2) is 44.1 Å². The molecule has 0 amide bonds. The van der Waals surface area contributed by atoms with Crippen LogP contribution in [0.2, 0.25) is 0 Å². The zero-order chi connectivity index (χ0) is 10.1. The van der Waals surface area contributed by atoms with Crippen LogP contribution in [0, 0.1) is 5.92 Å². The minimum atomic E-state index is -3.32. The molecule has 0 spiro atoms. The Morgan fingerprint density at radius 2 is 2.23 bits per heavy atom. The van der Waals surface area contributed by atoms with Crippen molar-refractivity contribution in [1.29, 1.82) is 0 Å². The van der Waals surface area contributed by atoms with Gasteiger partial charge in [0.1, 0.15) is 0 Å². The Balaban J connectivity index is 2.76. The second-order valence-corrected chi connectivity index (χ2v) is 5.12. The van der Waals surface area contributed by atoms with Crippen molar-refractivity contribution in [3.8, 4) is 0 Å². The molecular formula is C7H16N2O3S. The Bertz CT molecular complexity index is 265. The summed E-state index contributed by atoms with van der Waals surface area (Å²) in [7, 11) is -1.92. The predicted molar refractivity (Wildman–Crippen MR) is 49.3 cm³/mol. The average Bonchev–Trinajstić information content (AvgIpc) is 2.47. The maximum Gasteiger partial charge on any atom is 0.279 e. The van der Waals surface area contributed by atoms with Gasteiger partial charge < -0.3 is 5.11 Å². The van der Waals surface area contributed by atoms with Crippen LogP contribution in [0.5, 0.6) is 0 Å². The van der Waals surface area contributed by atoms with E-state index in [0.29, 0.717) is 6.54 Å². The van der Waals surface area contributed by atoms with Crippen molar-refractivity contribution in [2.45, 2.75) is 19.4 Å². The van der Waals surface area contributed by atoms with Gasteiger partial charge in [0.15, 0.2) is 0 Å². The number of aliphatic hydroxyl groups excluding tert-OH is 1. The lowest BCUT2D eigenvalue weighted by Crippen LogP contribution is -2.42. The Morgan fingerprint density at radius 1 is 1.62 bits per heavy atom. The summed E-state index contributed by atoms with van der Waals surface area (Å²) in [6.45, 7) is 2.37. The van der Waals surface area contributed by atoms with Gasteiger partial charge in [-0.3, -0.25) is 0 Å². The third-order valence-corrected chi connectivity index (χ3v) is 4.31. The summed E-state index contributed by atoms with van der Waals surface area (Å²) >= 11 is 0. The van der Waals surface area contributed by atoms with Gasteiger partial charge in [-0.1, -0.05) is 0 Å². The van der Waals surface area contributed by atoms with Crippen molar-refractivity contribution in [3.05, 3.63) is 0 Å². The highest BCUT2D eigenvalue weighted by Crippen LogP contribution is 2.25. The van der Waals surface area contributed by atoms with E-state index in [1.54, 1.807) is 0 Å². The van der Waals surface area contributed by atoms with E-state index in [0.717, 1.165) is 6.42 Å². The van der Waals surface area contributed by atoms with Gasteiger partial charge in [0.25, 0.3) is 10.2 Å². The molecule has 0 saturated carbocycles. The lowest BCUT2D eigenvalue weighted by atomic mass is 10.0. The standard InChI is InChI=1S/C7H16N2O3S/c1-6-7(5-10)3-4-9(6)13(11,12)8-2/h6-8,10H,3-5H2,1-2H3.